The van der Waals surface area contributed by atoms with Crippen LogP contribution in [0.2, 0.25) is 0 Å². The lowest BCUT2D eigenvalue weighted by Gasteiger charge is -2.11. The van der Waals surface area contributed by atoms with Gasteiger partial charge in [0.1, 0.15) is 5.82 Å². The molecule has 0 spiro atoms. The summed E-state index contributed by atoms with van der Waals surface area (Å²) in [7, 11) is 0. The highest BCUT2D eigenvalue weighted by molar-refractivity contribution is 5.89. The Labute approximate surface area is 128 Å². The number of amides is 2. The molecule has 2 N–H and O–H groups in total. The van der Waals surface area contributed by atoms with Gasteiger partial charge in [-0.2, -0.15) is 13.2 Å². The van der Waals surface area contributed by atoms with E-state index in [1.807, 2.05) is 0 Å². The second-order valence-corrected chi connectivity index (χ2v) is 4.63. The van der Waals surface area contributed by atoms with Crippen molar-refractivity contribution < 1.29 is 22.4 Å². The first kappa shape index (κ1) is 16.7. The molecule has 0 radical (unpaired) electrons. The number of nitrogens with one attached hydrogen (secondary N) is 2. The van der Waals surface area contributed by atoms with E-state index in [-0.39, 0.29) is 12.2 Å². The number of halogens is 4. The summed E-state index contributed by atoms with van der Waals surface area (Å²) in [5, 5.41) is 12.0. The third-order valence-corrected chi connectivity index (χ3v) is 2.80. The summed E-state index contributed by atoms with van der Waals surface area (Å²) in [5.74, 6) is -1.08. The smallest absolute Gasteiger partial charge is 0.338 e. The first-order chi connectivity index (χ1) is 10.8. The molecule has 1 heterocycles. The molecular formula is C13H13F4N5O. The summed E-state index contributed by atoms with van der Waals surface area (Å²) in [6.45, 7) is 0.797. The Kier molecular flexibility index (Phi) is 5.14. The number of hydrogen-bond donors (Lipinski definition) is 2. The Hall–Kier alpha value is -2.65. The first-order valence-electron chi connectivity index (χ1n) is 6.61. The minimum absolute atomic E-state index is 0.271. The van der Waals surface area contributed by atoms with Crippen LogP contribution in [0.15, 0.2) is 30.6 Å². The maximum absolute atomic E-state index is 13.2. The normalized spacial score (nSPS) is 11.3. The Morgan fingerprint density at radius 1 is 1.26 bits per heavy atom. The van der Waals surface area contributed by atoms with Gasteiger partial charge in [-0.05, 0) is 24.6 Å². The van der Waals surface area contributed by atoms with Gasteiger partial charge >= 0.3 is 12.2 Å². The zero-order valence-corrected chi connectivity index (χ0v) is 11.8. The van der Waals surface area contributed by atoms with Crippen LogP contribution in [-0.4, -0.2) is 27.6 Å². The number of nitrogens with zero attached hydrogens (tertiary/aromatic N) is 3. The Morgan fingerprint density at radius 2 is 2.04 bits per heavy atom. The van der Waals surface area contributed by atoms with Gasteiger partial charge in [-0.25, -0.2) is 9.18 Å². The molecular weight excluding hydrogens is 318 g/mol. The van der Waals surface area contributed by atoms with Crippen molar-refractivity contribution in [2.24, 2.45) is 0 Å². The standard InChI is InChI=1S/C13H13F4N5O/c14-10-6-9(13(15,16)17)7-11(8-10)20-12(23)18-2-1-4-22-5-3-19-21-22/h3,5-8H,1-2,4H2,(H2,18,20,23). The van der Waals surface area contributed by atoms with E-state index in [4.69, 9.17) is 0 Å². The Morgan fingerprint density at radius 3 is 2.70 bits per heavy atom. The number of urea groups is 1. The van der Waals surface area contributed by atoms with E-state index in [9.17, 15) is 22.4 Å². The van der Waals surface area contributed by atoms with Gasteiger partial charge in [0.05, 0.1) is 11.8 Å². The van der Waals surface area contributed by atoms with Crippen molar-refractivity contribution in [3.8, 4) is 0 Å². The summed E-state index contributed by atoms with van der Waals surface area (Å²) >= 11 is 0. The lowest BCUT2D eigenvalue weighted by molar-refractivity contribution is -0.137. The number of aryl methyl sites for hydroxylation is 1. The maximum atomic E-state index is 13.2. The van der Waals surface area contributed by atoms with Gasteiger partial charge in [0.25, 0.3) is 0 Å². The first-order valence-corrected chi connectivity index (χ1v) is 6.61. The molecule has 2 amide bonds. The van der Waals surface area contributed by atoms with Gasteiger partial charge in [0.15, 0.2) is 0 Å². The van der Waals surface area contributed by atoms with E-state index in [2.05, 4.69) is 20.9 Å². The minimum atomic E-state index is -4.69. The zero-order valence-electron chi connectivity index (χ0n) is 11.8. The Balaban J connectivity index is 1.84. The third-order valence-electron chi connectivity index (χ3n) is 2.80. The molecule has 1 aromatic carbocycles. The fourth-order valence-electron chi connectivity index (χ4n) is 1.80. The fourth-order valence-corrected chi connectivity index (χ4v) is 1.80. The Bertz CT molecular complexity index is 657. The van der Waals surface area contributed by atoms with Crippen LogP contribution in [-0.2, 0) is 12.7 Å². The molecule has 0 fully saturated rings. The molecule has 2 aromatic rings. The fraction of sp³-hybridized carbons (Fsp3) is 0.308. The topological polar surface area (TPSA) is 71.8 Å². The molecule has 0 saturated carbocycles. The lowest BCUT2D eigenvalue weighted by Crippen LogP contribution is -2.30. The second-order valence-electron chi connectivity index (χ2n) is 4.63. The molecule has 124 valence electrons. The molecule has 0 aliphatic heterocycles. The van der Waals surface area contributed by atoms with E-state index in [1.165, 1.54) is 6.20 Å². The number of carbonyl (C=O) groups is 1. The molecule has 23 heavy (non-hydrogen) atoms. The molecule has 6 nitrogen and oxygen atoms in total. The number of rotatable bonds is 5. The van der Waals surface area contributed by atoms with Crippen molar-refractivity contribution in [2.45, 2.75) is 19.1 Å². The number of carbonyl (C=O) groups excluding carboxylic acids is 1. The van der Waals surface area contributed by atoms with E-state index < -0.39 is 23.6 Å². The van der Waals surface area contributed by atoms with E-state index in [0.29, 0.717) is 25.1 Å². The molecule has 0 aliphatic rings. The predicted octanol–water partition coefficient (Wildman–Crippen LogP) is 2.65. The second kappa shape index (κ2) is 7.07. The molecule has 0 aliphatic carbocycles. The number of hydrogen-bond acceptors (Lipinski definition) is 3. The van der Waals surface area contributed by atoms with Crippen LogP contribution in [0.4, 0.5) is 28.0 Å². The van der Waals surface area contributed by atoms with Gasteiger partial charge in [-0.3, -0.25) is 4.68 Å². The lowest BCUT2D eigenvalue weighted by atomic mass is 10.2. The van der Waals surface area contributed by atoms with Crippen LogP contribution in [0.1, 0.15) is 12.0 Å². The zero-order chi connectivity index (χ0) is 16.9. The third kappa shape index (κ3) is 5.24. The van der Waals surface area contributed by atoms with Crippen LogP contribution >= 0.6 is 0 Å². The quantitative estimate of drug-likeness (QED) is 0.653. The summed E-state index contributed by atoms with van der Waals surface area (Å²) in [6, 6.07) is 1.12. The van der Waals surface area contributed by atoms with E-state index >= 15 is 0 Å². The predicted molar refractivity (Wildman–Crippen MR) is 73.1 cm³/mol. The van der Waals surface area contributed by atoms with E-state index in [1.54, 1.807) is 10.9 Å². The van der Waals surface area contributed by atoms with Crippen molar-refractivity contribution in [3.05, 3.63) is 42.0 Å². The van der Waals surface area contributed by atoms with Crippen molar-refractivity contribution >= 4 is 11.7 Å². The highest BCUT2D eigenvalue weighted by Gasteiger charge is 2.31. The number of anilines is 1. The van der Waals surface area contributed by atoms with Gasteiger partial charge in [-0.1, -0.05) is 5.21 Å². The monoisotopic (exact) mass is 331 g/mol. The maximum Gasteiger partial charge on any atom is 0.416 e. The summed E-state index contributed by atoms with van der Waals surface area (Å²) < 4.78 is 52.4. The van der Waals surface area contributed by atoms with Crippen LogP contribution in [0.3, 0.4) is 0 Å². The number of benzene rings is 1. The molecule has 10 heteroatoms. The summed E-state index contributed by atoms with van der Waals surface area (Å²) in [4.78, 5) is 11.6. The van der Waals surface area contributed by atoms with E-state index in [0.717, 1.165) is 6.07 Å². The van der Waals surface area contributed by atoms with Crippen LogP contribution < -0.4 is 10.6 Å². The van der Waals surface area contributed by atoms with Crippen molar-refractivity contribution in [2.75, 3.05) is 11.9 Å². The van der Waals surface area contributed by atoms with Crippen LogP contribution in [0.25, 0.3) is 0 Å². The average Bonchev–Trinajstić information content (AvgIpc) is 2.95. The molecule has 0 bridgehead atoms. The largest absolute Gasteiger partial charge is 0.416 e. The number of aromatic nitrogens is 3. The van der Waals surface area contributed by atoms with Gasteiger partial charge < -0.3 is 10.6 Å². The van der Waals surface area contributed by atoms with Gasteiger partial charge in [0.2, 0.25) is 0 Å². The SMILES string of the molecule is O=C(NCCCn1ccnn1)Nc1cc(F)cc(C(F)(F)F)c1. The highest BCUT2D eigenvalue weighted by atomic mass is 19.4. The van der Waals surface area contributed by atoms with Crippen LogP contribution in [0, 0.1) is 5.82 Å². The molecule has 2 rings (SSSR count). The summed E-state index contributed by atoms with van der Waals surface area (Å²) in [6.07, 6.45) is -0.964. The minimum Gasteiger partial charge on any atom is -0.338 e. The molecule has 0 unspecified atom stereocenters. The van der Waals surface area contributed by atoms with Crippen molar-refractivity contribution in [1.29, 1.82) is 0 Å². The number of alkyl halides is 3. The highest BCUT2D eigenvalue weighted by Crippen LogP contribution is 2.31. The van der Waals surface area contributed by atoms with Crippen molar-refractivity contribution in [3.63, 3.8) is 0 Å². The molecule has 0 atom stereocenters. The van der Waals surface area contributed by atoms with Crippen molar-refractivity contribution in [1.82, 2.24) is 20.3 Å². The van der Waals surface area contributed by atoms with Gasteiger partial charge in [0, 0.05) is 25.0 Å². The summed E-state index contributed by atoms with van der Waals surface area (Å²) in [5.41, 5.74) is -1.44. The molecule has 1 aromatic heterocycles. The van der Waals surface area contributed by atoms with Gasteiger partial charge in [-0.15, -0.1) is 5.10 Å². The average molecular weight is 331 g/mol. The van der Waals surface area contributed by atoms with Crippen LogP contribution in [0.5, 0.6) is 0 Å². The molecule has 0 saturated heterocycles.